The van der Waals surface area contributed by atoms with Crippen LogP contribution >= 0.6 is 0 Å². The van der Waals surface area contributed by atoms with Gasteiger partial charge in [0.1, 0.15) is 11.9 Å². The Balaban J connectivity index is 1.21. The van der Waals surface area contributed by atoms with E-state index in [0.29, 0.717) is 19.5 Å². The van der Waals surface area contributed by atoms with Gasteiger partial charge in [-0.1, -0.05) is 48.5 Å². The SMILES string of the molecule is O=C(CCN1Cc2ccccc2O[C@H](c2ccccc2)C1)NC[C@H](c1ccncc1)N1CCOCC1. The third-order valence-electron chi connectivity index (χ3n) is 6.96. The number of hydrogen-bond donors (Lipinski definition) is 1. The standard InChI is InChI=1S/C29H34N4O3/c34-29(31-20-26(23-10-13-30-14-11-23)33-16-18-35-19-17-33)12-15-32-21-25-8-4-5-9-27(25)36-28(22-32)24-6-2-1-3-7-24/h1-11,13-14,26,28H,12,15-22H2,(H,31,34)/t26-,28+/m1/s1. The van der Waals surface area contributed by atoms with Gasteiger partial charge in [-0.25, -0.2) is 0 Å². The number of amides is 1. The highest BCUT2D eigenvalue weighted by Gasteiger charge is 2.26. The fourth-order valence-corrected chi connectivity index (χ4v) is 4.98. The smallest absolute Gasteiger partial charge is 0.221 e. The van der Waals surface area contributed by atoms with Crippen LogP contribution in [0.3, 0.4) is 0 Å². The van der Waals surface area contributed by atoms with Gasteiger partial charge in [0.25, 0.3) is 0 Å². The van der Waals surface area contributed by atoms with Gasteiger partial charge in [0.05, 0.1) is 19.3 Å². The summed E-state index contributed by atoms with van der Waals surface area (Å²) >= 11 is 0. The van der Waals surface area contributed by atoms with E-state index in [-0.39, 0.29) is 18.1 Å². The monoisotopic (exact) mass is 486 g/mol. The van der Waals surface area contributed by atoms with E-state index in [9.17, 15) is 4.79 Å². The van der Waals surface area contributed by atoms with Gasteiger partial charge in [0.2, 0.25) is 5.91 Å². The van der Waals surface area contributed by atoms with E-state index in [1.54, 1.807) is 0 Å². The minimum atomic E-state index is -0.0738. The Bertz CT molecular complexity index is 1110. The van der Waals surface area contributed by atoms with Gasteiger partial charge in [0, 0.05) is 63.6 Å². The molecule has 0 unspecified atom stereocenters. The van der Waals surface area contributed by atoms with E-state index in [4.69, 9.17) is 9.47 Å². The first-order chi connectivity index (χ1) is 17.8. The van der Waals surface area contributed by atoms with Crippen molar-refractivity contribution in [2.75, 3.05) is 45.9 Å². The Labute approximate surface area is 213 Å². The summed E-state index contributed by atoms with van der Waals surface area (Å²) in [5, 5.41) is 3.20. The zero-order chi connectivity index (χ0) is 24.6. The summed E-state index contributed by atoms with van der Waals surface area (Å²) in [7, 11) is 0. The fourth-order valence-electron chi connectivity index (χ4n) is 4.98. The zero-order valence-electron chi connectivity index (χ0n) is 20.6. The average Bonchev–Trinajstić information content (AvgIpc) is 3.13. The minimum absolute atomic E-state index is 0.0667. The predicted octanol–water partition coefficient (Wildman–Crippen LogP) is 3.60. The molecule has 2 aliphatic rings. The fraction of sp³-hybridized carbons (Fsp3) is 0.379. The first kappa shape index (κ1) is 24.4. The molecule has 2 aliphatic heterocycles. The molecule has 1 saturated heterocycles. The Morgan fingerprint density at radius 2 is 1.75 bits per heavy atom. The Morgan fingerprint density at radius 3 is 2.56 bits per heavy atom. The van der Waals surface area contributed by atoms with Crippen LogP contribution in [0.1, 0.15) is 35.3 Å². The third kappa shape index (κ3) is 6.29. The molecule has 188 valence electrons. The quantitative estimate of drug-likeness (QED) is 0.525. The summed E-state index contributed by atoms with van der Waals surface area (Å²) in [5.74, 6) is 0.987. The summed E-state index contributed by atoms with van der Waals surface area (Å²) in [5.41, 5.74) is 3.47. The number of rotatable bonds is 8. The molecule has 3 heterocycles. The molecule has 0 spiro atoms. The van der Waals surface area contributed by atoms with Gasteiger partial charge in [-0.15, -0.1) is 0 Å². The number of ether oxygens (including phenoxy) is 2. The van der Waals surface area contributed by atoms with Crippen LogP contribution in [0.4, 0.5) is 0 Å². The molecule has 7 nitrogen and oxygen atoms in total. The maximum Gasteiger partial charge on any atom is 0.221 e. The lowest BCUT2D eigenvalue weighted by molar-refractivity contribution is -0.121. The normalized spacial score (nSPS) is 19.5. The molecule has 1 aromatic heterocycles. The van der Waals surface area contributed by atoms with Crippen molar-refractivity contribution in [2.45, 2.75) is 25.1 Å². The lowest BCUT2D eigenvalue weighted by atomic mass is 10.1. The first-order valence-corrected chi connectivity index (χ1v) is 12.8. The van der Waals surface area contributed by atoms with Crippen molar-refractivity contribution in [1.29, 1.82) is 0 Å². The Kier molecular flexibility index (Phi) is 8.23. The van der Waals surface area contributed by atoms with Crippen LogP contribution in [0.2, 0.25) is 0 Å². The number of hydrogen-bond acceptors (Lipinski definition) is 6. The van der Waals surface area contributed by atoms with Gasteiger partial charge in [-0.2, -0.15) is 0 Å². The van der Waals surface area contributed by atoms with E-state index in [0.717, 1.165) is 56.3 Å². The lowest BCUT2D eigenvalue weighted by Crippen LogP contribution is -2.44. The summed E-state index contributed by atoms with van der Waals surface area (Å²) in [6.07, 6.45) is 3.99. The van der Waals surface area contributed by atoms with E-state index in [1.807, 2.05) is 60.9 Å². The highest BCUT2D eigenvalue weighted by molar-refractivity contribution is 5.76. The summed E-state index contributed by atoms with van der Waals surface area (Å²) < 4.78 is 11.9. The number of nitrogens with one attached hydrogen (secondary N) is 1. The van der Waals surface area contributed by atoms with Crippen LogP contribution in [-0.2, 0) is 16.1 Å². The van der Waals surface area contributed by atoms with Crippen molar-refractivity contribution in [3.05, 3.63) is 95.8 Å². The number of carbonyl (C=O) groups is 1. The molecular formula is C29H34N4O3. The molecule has 1 N–H and O–H groups in total. The molecule has 36 heavy (non-hydrogen) atoms. The van der Waals surface area contributed by atoms with E-state index in [1.165, 1.54) is 5.56 Å². The van der Waals surface area contributed by atoms with Crippen LogP contribution in [-0.4, -0.2) is 66.6 Å². The number of fused-ring (bicyclic) bond motifs is 1. The van der Waals surface area contributed by atoms with Crippen molar-refractivity contribution in [3.8, 4) is 5.75 Å². The average molecular weight is 487 g/mol. The van der Waals surface area contributed by atoms with Crippen molar-refractivity contribution in [3.63, 3.8) is 0 Å². The molecule has 0 saturated carbocycles. The van der Waals surface area contributed by atoms with Crippen molar-refractivity contribution in [2.24, 2.45) is 0 Å². The lowest BCUT2D eigenvalue weighted by Gasteiger charge is -2.35. The molecule has 2 atom stereocenters. The highest BCUT2D eigenvalue weighted by Crippen LogP contribution is 2.31. The topological polar surface area (TPSA) is 66.9 Å². The zero-order valence-corrected chi connectivity index (χ0v) is 20.6. The van der Waals surface area contributed by atoms with Crippen LogP contribution in [0.5, 0.6) is 5.75 Å². The number of nitrogens with zero attached hydrogens (tertiary/aromatic N) is 3. The Hall–Kier alpha value is -3.26. The molecule has 0 aliphatic carbocycles. The van der Waals surface area contributed by atoms with E-state index in [2.05, 4.69) is 38.3 Å². The van der Waals surface area contributed by atoms with Gasteiger partial charge in [0.15, 0.2) is 0 Å². The molecule has 1 amide bonds. The van der Waals surface area contributed by atoms with Gasteiger partial charge in [-0.05, 0) is 29.3 Å². The van der Waals surface area contributed by atoms with Gasteiger partial charge in [-0.3, -0.25) is 19.6 Å². The highest BCUT2D eigenvalue weighted by atomic mass is 16.5. The number of benzene rings is 2. The molecule has 7 heteroatoms. The van der Waals surface area contributed by atoms with Crippen LogP contribution in [0.15, 0.2) is 79.1 Å². The maximum atomic E-state index is 13.0. The van der Waals surface area contributed by atoms with E-state index < -0.39 is 0 Å². The van der Waals surface area contributed by atoms with Crippen molar-refractivity contribution < 1.29 is 14.3 Å². The number of carbonyl (C=O) groups excluding carboxylic acids is 1. The van der Waals surface area contributed by atoms with Crippen molar-refractivity contribution in [1.82, 2.24) is 20.1 Å². The predicted molar refractivity (Wildman–Crippen MR) is 139 cm³/mol. The maximum absolute atomic E-state index is 13.0. The van der Waals surface area contributed by atoms with Crippen LogP contribution < -0.4 is 10.1 Å². The van der Waals surface area contributed by atoms with Gasteiger partial charge >= 0.3 is 0 Å². The first-order valence-electron chi connectivity index (χ1n) is 12.8. The number of morpholine rings is 1. The molecule has 1 fully saturated rings. The number of para-hydroxylation sites is 1. The summed E-state index contributed by atoms with van der Waals surface area (Å²) in [6, 6.07) is 22.7. The molecular weight excluding hydrogens is 452 g/mol. The third-order valence-corrected chi connectivity index (χ3v) is 6.96. The second-order valence-corrected chi connectivity index (χ2v) is 9.36. The number of pyridine rings is 1. The van der Waals surface area contributed by atoms with Crippen LogP contribution in [0, 0.1) is 0 Å². The minimum Gasteiger partial charge on any atom is -0.484 e. The molecule has 5 rings (SSSR count). The molecule has 2 aromatic carbocycles. The Morgan fingerprint density at radius 1 is 1.00 bits per heavy atom. The molecule has 3 aromatic rings. The van der Waals surface area contributed by atoms with Gasteiger partial charge < -0.3 is 14.8 Å². The van der Waals surface area contributed by atoms with Crippen molar-refractivity contribution >= 4 is 5.91 Å². The largest absolute Gasteiger partial charge is 0.484 e. The van der Waals surface area contributed by atoms with E-state index >= 15 is 0 Å². The second kappa shape index (κ2) is 12.1. The summed E-state index contributed by atoms with van der Waals surface area (Å²) in [4.78, 5) is 21.8. The molecule has 0 bridgehead atoms. The second-order valence-electron chi connectivity index (χ2n) is 9.36. The summed E-state index contributed by atoms with van der Waals surface area (Å²) in [6.45, 7) is 5.90. The number of aromatic nitrogens is 1. The van der Waals surface area contributed by atoms with Crippen LogP contribution in [0.25, 0.3) is 0 Å². The molecule has 0 radical (unpaired) electrons.